The zero-order valence-corrected chi connectivity index (χ0v) is 11.1. The monoisotopic (exact) mass is 249 g/mol. The predicted molar refractivity (Wildman–Crippen MR) is 71.8 cm³/mol. The van der Waals surface area contributed by atoms with Crippen molar-refractivity contribution in [2.24, 2.45) is 0 Å². The summed E-state index contributed by atoms with van der Waals surface area (Å²) in [5, 5.41) is 0. The normalized spacial score (nSPS) is 27.6. The van der Waals surface area contributed by atoms with Crippen molar-refractivity contribution in [3.8, 4) is 0 Å². The van der Waals surface area contributed by atoms with Gasteiger partial charge in [0, 0.05) is 35.8 Å². The summed E-state index contributed by atoms with van der Waals surface area (Å²) in [5.41, 5.74) is 1.54. The van der Waals surface area contributed by atoms with Gasteiger partial charge in [0.1, 0.15) is 0 Å². The van der Waals surface area contributed by atoms with Crippen molar-refractivity contribution >= 4 is 11.8 Å². The summed E-state index contributed by atoms with van der Waals surface area (Å²) in [4.78, 5) is 3.97. The SMILES string of the molecule is CN(CC1CSc2ccccc21)C1CCOC1. The average Bonchev–Trinajstić information content (AvgIpc) is 2.98. The molecule has 0 radical (unpaired) electrons. The van der Waals surface area contributed by atoms with Crippen molar-refractivity contribution < 1.29 is 4.74 Å². The summed E-state index contributed by atoms with van der Waals surface area (Å²) in [7, 11) is 2.24. The van der Waals surface area contributed by atoms with Crippen LogP contribution in [-0.4, -0.2) is 43.5 Å². The van der Waals surface area contributed by atoms with Crippen LogP contribution in [0.2, 0.25) is 0 Å². The largest absolute Gasteiger partial charge is 0.380 e. The highest BCUT2D eigenvalue weighted by Crippen LogP contribution is 2.39. The first-order valence-electron chi connectivity index (χ1n) is 6.34. The molecule has 0 N–H and O–H groups in total. The van der Waals surface area contributed by atoms with Crippen molar-refractivity contribution in [2.45, 2.75) is 23.3 Å². The number of ether oxygens (including phenoxy) is 1. The molecule has 1 fully saturated rings. The molecule has 0 spiro atoms. The van der Waals surface area contributed by atoms with E-state index in [0.29, 0.717) is 12.0 Å². The number of nitrogens with zero attached hydrogens (tertiary/aromatic N) is 1. The molecule has 0 aliphatic carbocycles. The number of benzene rings is 1. The van der Waals surface area contributed by atoms with E-state index in [4.69, 9.17) is 4.74 Å². The number of hydrogen-bond donors (Lipinski definition) is 0. The lowest BCUT2D eigenvalue weighted by Crippen LogP contribution is -2.35. The number of fused-ring (bicyclic) bond motifs is 1. The van der Waals surface area contributed by atoms with Gasteiger partial charge < -0.3 is 9.64 Å². The van der Waals surface area contributed by atoms with Gasteiger partial charge in [0.2, 0.25) is 0 Å². The van der Waals surface area contributed by atoms with Gasteiger partial charge in [-0.3, -0.25) is 0 Å². The molecule has 92 valence electrons. The molecule has 3 heteroatoms. The minimum Gasteiger partial charge on any atom is -0.380 e. The van der Waals surface area contributed by atoms with Crippen LogP contribution in [-0.2, 0) is 4.74 Å². The highest BCUT2D eigenvalue weighted by molar-refractivity contribution is 7.99. The molecule has 0 amide bonds. The first-order chi connectivity index (χ1) is 8.34. The van der Waals surface area contributed by atoms with Gasteiger partial charge >= 0.3 is 0 Å². The van der Waals surface area contributed by atoms with E-state index in [9.17, 15) is 0 Å². The maximum Gasteiger partial charge on any atom is 0.0622 e. The van der Waals surface area contributed by atoms with E-state index in [2.05, 4.69) is 36.2 Å². The number of rotatable bonds is 3. The zero-order chi connectivity index (χ0) is 11.7. The van der Waals surface area contributed by atoms with Crippen LogP contribution in [0.25, 0.3) is 0 Å². The van der Waals surface area contributed by atoms with Crippen molar-refractivity contribution in [1.82, 2.24) is 4.90 Å². The lowest BCUT2D eigenvalue weighted by atomic mass is 10.0. The van der Waals surface area contributed by atoms with Crippen LogP contribution in [0.4, 0.5) is 0 Å². The average molecular weight is 249 g/mol. The highest BCUT2D eigenvalue weighted by Gasteiger charge is 2.27. The second-order valence-corrected chi connectivity index (χ2v) is 6.06. The van der Waals surface area contributed by atoms with Crippen LogP contribution in [0.5, 0.6) is 0 Å². The van der Waals surface area contributed by atoms with Gasteiger partial charge in [0.15, 0.2) is 0 Å². The van der Waals surface area contributed by atoms with E-state index in [0.717, 1.165) is 19.8 Å². The molecule has 2 aliphatic heterocycles. The Morgan fingerprint density at radius 3 is 3.12 bits per heavy atom. The van der Waals surface area contributed by atoms with Crippen LogP contribution in [0.15, 0.2) is 29.2 Å². The fraction of sp³-hybridized carbons (Fsp3) is 0.571. The summed E-state index contributed by atoms with van der Waals surface area (Å²) in [6.45, 7) is 3.01. The van der Waals surface area contributed by atoms with Crippen LogP contribution < -0.4 is 0 Å². The maximum absolute atomic E-state index is 5.47. The molecule has 2 nitrogen and oxygen atoms in total. The molecule has 0 saturated carbocycles. The van der Waals surface area contributed by atoms with Crippen LogP contribution in [0.3, 0.4) is 0 Å². The van der Waals surface area contributed by atoms with E-state index in [1.54, 1.807) is 5.56 Å². The Labute approximate surface area is 107 Å². The van der Waals surface area contributed by atoms with E-state index in [1.165, 1.54) is 17.1 Å². The van der Waals surface area contributed by atoms with Crippen LogP contribution >= 0.6 is 11.8 Å². The second-order valence-electron chi connectivity index (χ2n) is 5.00. The Morgan fingerprint density at radius 1 is 1.41 bits per heavy atom. The number of likely N-dealkylation sites (N-methyl/N-ethyl adjacent to an activating group) is 1. The van der Waals surface area contributed by atoms with Gasteiger partial charge in [-0.15, -0.1) is 11.8 Å². The molecule has 0 bridgehead atoms. The summed E-state index contributed by atoms with van der Waals surface area (Å²) in [6, 6.07) is 9.48. The molecule has 1 saturated heterocycles. The Bertz CT molecular complexity index is 390. The maximum atomic E-state index is 5.47. The smallest absolute Gasteiger partial charge is 0.0622 e. The van der Waals surface area contributed by atoms with Gasteiger partial charge in [-0.2, -0.15) is 0 Å². The lowest BCUT2D eigenvalue weighted by molar-refractivity contribution is 0.157. The minimum absolute atomic E-state index is 0.632. The molecule has 2 heterocycles. The summed E-state index contributed by atoms with van der Waals surface area (Å²) < 4.78 is 5.47. The number of hydrogen-bond acceptors (Lipinski definition) is 3. The highest BCUT2D eigenvalue weighted by atomic mass is 32.2. The molecule has 17 heavy (non-hydrogen) atoms. The van der Waals surface area contributed by atoms with E-state index < -0.39 is 0 Å². The summed E-state index contributed by atoms with van der Waals surface area (Å²) in [5.74, 6) is 1.93. The van der Waals surface area contributed by atoms with E-state index in [-0.39, 0.29) is 0 Å². The van der Waals surface area contributed by atoms with Crippen molar-refractivity contribution in [3.63, 3.8) is 0 Å². The van der Waals surface area contributed by atoms with E-state index in [1.807, 2.05) is 11.8 Å². The van der Waals surface area contributed by atoms with E-state index >= 15 is 0 Å². The zero-order valence-electron chi connectivity index (χ0n) is 10.3. The Morgan fingerprint density at radius 2 is 2.29 bits per heavy atom. The molecule has 0 aromatic heterocycles. The lowest BCUT2D eigenvalue weighted by Gasteiger charge is -2.26. The van der Waals surface area contributed by atoms with Crippen molar-refractivity contribution in [3.05, 3.63) is 29.8 Å². The molecule has 3 rings (SSSR count). The van der Waals surface area contributed by atoms with Gasteiger partial charge in [-0.25, -0.2) is 0 Å². The van der Waals surface area contributed by atoms with Crippen LogP contribution in [0, 0.1) is 0 Å². The van der Waals surface area contributed by atoms with Crippen LogP contribution in [0.1, 0.15) is 17.9 Å². The first kappa shape index (κ1) is 11.6. The topological polar surface area (TPSA) is 12.5 Å². The molecule has 2 unspecified atom stereocenters. The van der Waals surface area contributed by atoms with Gasteiger partial charge in [-0.05, 0) is 25.1 Å². The van der Waals surface area contributed by atoms with Gasteiger partial charge in [0.25, 0.3) is 0 Å². The Hall–Kier alpha value is -0.510. The molecule has 2 aliphatic rings. The quantitative estimate of drug-likeness (QED) is 0.817. The van der Waals surface area contributed by atoms with Crippen molar-refractivity contribution in [1.29, 1.82) is 0 Å². The molecular weight excluding hydrogens is 230 g/mol. The summed E-state index contributed by atoms with van der Waals surface area (Å²) >= 11 is 2.00. The minimum atomic E-state index is 0.632. The Kier molecular flexibility index (Phi) is 3.41. The molecular formula is C14H19NOS. The molecule has 2 atom stereocenters. The molecule has 1 aromatic rings. The number of thioether (sulfide) groups is 1. The standard InChI is InChI=1S/C14H19NOS/c1-15(12-6-7-16-9-12)8-11-10-17-14-5-3-2-4-13(11)14/h2-5,11-12H,6-10H2,1H3. The Balaban J connectivity index is 1.66. The third-order valence-electron chi connectivity index (χ3n) is 3.84. The second kappa shape index (κ2) is 5.01. The molecule has 1 aromatic carbocycles. The fourth-order valence-corrected chi connectivity index (χ4v) is 3.99. The van der Waals surface area contributed by atoms with Gasteiger partial charge in [0.05, 0.1) is 6.61 Å². The van der Waals surface area contributed by atoms with Crippen molar-refractivity contribution in [2.75, 3.05) is 32.6 Å². The summed E-state index contributed by atoms with van der Waals surface area (Å²) in [6.07, 6.45) is 1.19. The fourth-order valence-electron chi connectivity index (χ4n) is 2.75. The first-order valence-corrected chi connectivity index (χ1v) is 7.33. The van der Waals surface area contributed by atoms with Gasteiger partial charge in [-0.1, -0.05) is 18.2 Å². The predicted octanol–water partition coefficient (Wildman–Crippen LogP) is 2.60. The third-order valence-corrected chi connectivity index (χ3v) is 5.09. The third kappa shape index (κ3) is 2.37.